The molecule has 10 heteroatoms. The van der Waals surface area contributed by atoms with Gasteiger partial charge in [-0.3, -0.25) is 9.79 Å². The maximum Gasteiger partial charge on any atom is 0.221 e. The first-order valence-corrected chi connectivity index (χ1v) is 11.5. The van der Waals surface area contributed by atoms with Crippen LogP contribution in [0, 0.1) is 5.82 Å². The number of nitrogens with zero attached hydrogens (tertiary/aromatic N) is 1. The monoisotopic (exact) mass is 562 g/mol. The lowest BCUT2D eigenvalue weighted by Crippen LogP contribution is -2.38. The van der Waals surface area contributed by atoms with E-state index in [1.807, 2.05) is 24.3 Å². The zero-order valence-electron chi connectivity index (χ0n) is 17.7. The zero-order chi connectivity index (χ0) is 22.1. The maximum absolute atomic E-state index is 13.6. The van der Waals surface area contributed by atoms with Crippen LogP contribution in [0.2, 0.25) is 0 Å². The van der Waals surface area contributed by atoms with Crippen LogP contribution >= 0.6 is 24.0 Å². The number of halogens is 2. The number of hydrogen-bond donors (Lipinski definition) is 3. The molecule has 0 saturated carbocycles. The van der Waals surface area contributed by atoms with Crippen LogP contribution in [-0.4, -0.2) is 40.1 Å². The van der Waals surface area contributed by atoms with Crippen LogP contribution in [0.1, 0.15) is 23.6 Å². The first-order chi connectivity index (χ1) is 14.2. The van der Waals surface area contributed by atoms with Crippen molar-refractivity contribution in [2.45, 2.75) is 25.6 Å². The summed E-state index contributed by atoms with van der Waals surface area (Å²) in [7, 11) is -1.61. The van der Waals surface area contributed by atoms with Gasteiger partial charge >= 0.3 is 0 Å². The Balaban J connectivity index is 0.00000480. The van der Waals surface area contributed by atoms with Crippen molar-refractivity contribution in [2.75, 3.05) is 25.2 Å². The highest BCUT2D eigenvalue weighted by Gasteiger charge is 2.11. The van der Waals surface area contributed by atoms with E-state index in [1.165, 1.54) is 25.1 Å². The molecule has 0 aromatic heterocycles. The second kappa shape index (κ2) is 12.6. The molecule has 0 saturated heterocycles. The second-order valence-electron chi connectivity index (χ2n) is 6.96. The third-order valence-corrected chi connectivity index (χ3v) is 5.07. The maximum atomic E-state index is 13.6. The number of guanidine groups is 1. The standard InChI is InChI=1S/C21H27FN4O3S.HI/c1-15(27)26-20-8-4-16(5-9-20)10-11-24-21(23-2)25-13-18-12-19(22)7-6-17(18)14-30(3,28)29;/h4-9,12H,10-11,13-14H2,1-3H3,(H,26,27)(H2,23,24,25);1H. The number of carbonyl (C=O) groups is 1. The highest BCUT2D eigenvalue weighted by molar-refractivity contribution is 14.0. The third kappa shape index (κ3) is 10.1. The number of amides is 1. The lowest BCUT2D eigenvalue weighted by molar-refractivity contribution is -0.114. The van der Waals surface area contributed by atoms with Crippen molar-refractivity contribution in [1.29, 1.82) is 0 Å². The van der Waals surface area contributed by atoms with Crippen molar-refractivity contribution in [1.82, 2.24) is 10.6 Å². The van der Waals surface area contributed by atoms with Crippen LogP contribution in [0.5, 0.6) is 0 Å². The molecule has 0 spiro atoms. The molecule has 0 aliphatic rings. The molecule has 31 heavy (non-hydrogen) atoms. The molecule has 170 valence electrons. The fourth-order valence-corrected chi connectivity index (χ4v) is 3.71. The Morgan fingerprint density at radius 1 is 1.06 bits per heavy atom. The predicted molar refractivity (Wildman–Crippen MR) is 133 cm³/mol. The number of aliphatic imine (C=N–C) groups is 1. The molecular weight excluding hydrogens is 534 g/mol. The molecule has 3 N–H and O–H groups in total. The van der Waals surface area contributed by atoms with Gasteiger partial charge in [0.1, 0.15) is 5.82 Å². The molecule has 0 unspecified atom stereocenters. The largest absolute Gasteiger partial charge is 0.356 e. The van der Waals surface area contributed by atoms with E-state index >= 15 is 0 Å². The van der Waals surface area contributed by atoms with Crippen molar-refractivity contribution < 1.29 is 17.6 Å². The Morgan fingerprint density at radius 3 is 2.32 bits per heavy atom. The van der Waals surface area contributed by atoms with E-state index in [4.69, 9.17) is 0 Å². The van der Waals surface area contributed by atoms with E-state index in [2.05, 4.69) is 20.9 Å². The summed E-state index contributed by atoms with van der Waals surface area (Å²) in [6.07, 6.45) is 1.89. The van der Waals surface area contributed by atoms with E-state index < -0.39 is 15.7 Å². The molecule has 0 bridgehead atoms. The van der Waals surface area contributed by atoms with E-state index in [1.54, 1.807) is 7.05 Å². The van der Waals surface area contributed by atoms with Gasteiger partial charge in [0.15, 0.2) is 15.8 Å². The summed E-state index contributed by atoms with van der Waals surface area (Å²) in [5.74, 6) is -0.156. The van der Waals surface area contributed by atoms with Gasteiger partial charge in [0, 0.05) is 39.0 Å². The minimum Gasteiger partial charge on any atom is -0.356 e. The van der Waals surface area contributed by atoms with Crippen LogP contribution < -0.4 is 16.0 Å². The van der Waals surface area contributed by atoms with Gasteiger partial charge in [-0.2, -0.15) is 0 Å². The Kier molecular flexibility index (Phi) is 10.9. The van der Waals surface area contributed by atoms with Crippen molar-refractivity contribution in [3.63, 3.8) is 0 Å². The molecule has 1 amide bonds. The van der Waals surface area contributed by atoms with Gasteiger partial charge in [0.25, 0.3) is 0 Å². The first kappa shape index (κ1) is 26.8. The Labute approximate surface area is 199 Å². The van der Waals surface area contributed by atoms with Crippen LogP contribution in [0.15, 0.2) is 47.5 Å². The highest BCUT2D eigenvalue weighted by atomic mass is 127. The average Bonchev–Trinajstić information content (AvgIpc) is 2.66. The number of benzene rings is 2. The molecule has 0 heterocycles. The molecule has 0 atom stereocenters. The van der Waals surface area contributed by atoms with Crippen molar-refractivity contribution in [2.24, 2.45) is 4.99 Å². The molecule has 2 rings (SSSR count). The van der Waals surface area contributed by atoms with Crippen LogP contribution in [0.4, 0.5) is 10.1 Å². The number of rotatable bonds is 8. The Bertz CT molecular complexity index is 1010. The average molecular weight is 562 g/mol. The van der Waals surface area contributed by atoms with Gasteiger partial charge in [0.2, 0.25) is 5.91 Å². The summed E-state index contributed by atoms with van der Waals surface area (Å²) >= 11 is 0. The minimum absolute atomic E-state index is 0. The van der Waals surface area contributed by atoms with Gasteiger partial charge in [-0.05, 0) is 47.4 Å². The van der Waals surface area contributed by atoms with Crippen molar-refractivity contribution >= 4 is 51.4 Å². The van der Waals surface area contributed by atoms with E-state index in [0.29, 0.717) is 23.6 Å². The van der Waals surface area contributed by atoms with Crippen LogP contribution in [-0.2, 0) is 33.4 Å². The molecule has 2 aromatic rings. The molecule has 0 radical (unpaired) electrons. The van der Waals surface area contributed by atoms with Crippen LogP contribution in [0.25, 0.3) is 0 Å². The zero-order valence-corrected chi connectivity index (χ0v) is 20.9. The molecule has 7 nitrogen and oxygen atoms in total. The summed E-state index contributed by atoms with van der Waals surface area (Å²) in [4.78, 5) is 15.2. The first-order valence-electron chi connectivity index (χ1n) is 9.42. The predicted octanol–water partition coefficient (Wildman–Crippen LogP) is 2.85. The van der Waals surface area contributed by atoms with E-state index in [0.717, 1.165) is 23.9 Å². The number of carbonyl (C=O) groups excluding carboxylic acids is 1. The van der Waals surface area contributed by atoms with Gasteiger partial charge in [0.05, 0.1) is 5.75 Å². The van der Waals surface area contributed by atoms with Gasteiger partial charge in [-0.15, -0.1) is 24.0 Å². The molecule has 0 aliphatic heterocycles. The minimum atomic E-state index is -3.23. The number of sulfone groups is 1. The summed E-state index contributed by atoms with van der Waals surface area (Å²) in [6.45, 7) is 2.32. The molecular formula is C21H28FIN4O3S. The van der Waals surface area contributed by atoms with Crippen molar-refractivity contribution in [3.8, 4) is 0 Å². The summed E-state index contributed by atoms with van der Waals surface area (Å²) in [5, 5.41) is 8.98. The lowest BCUT2D eigenvalue weighted by atomic mass is 10.1. The molecule has 0 fully saturated rings. The number of nitrogens with one attached hydrogen (secondary N) is 3. The SMILES string of the molecule is CN=C(NCCc1ccc(NC(C)=O)cc1)NCc1cc(F)ccc1CS(C)(=O)=O.I. The second-order valence-corrected chi connectivity index (χ2v) is 9.10. The normalized spacial score (nSPS) is 11.4. The molecule has 0 aliphatic carbocycles. The smallest absolute Gasteiger partial charge is 0.221 e. The van der Waals surface area contributed by atoms with Crippen LogP contribution in [0.3, 0.4) is 0 Å². The Morgan fingerprint density at radius 2 is 1.74 bits per heavy atom. The quantitative estimate of drug-likeness (QED) is 0.261. The fraction of sp³-hybridized carbons (Fsp3) is 0.333. The molecule has 2 aromatic carbocycles. The van der Waals surface area contributed by atoms with Gasteiger partial charge in [-0.1, -0.05) is 18.2 Å². The summed E-state index contributed by atoms with van der Waals surface area (Å²) in [5.41, 5.74) is 2.96. The third-order valence-electron chi connectivity index (χ3n) is 4.24. The van der Waals surface area contributed by atoms with E-state index in [9.17, 15) is 17.6 Å². The summed E-state index contributed by atoms with van der Waals surface area (Å²) < 4.78 is 36.9. The van der Waals surface area contributed by atoms with Gasteiger partial charge in [-0.25, -0.2) is 12.8 Å². The number of anilines is 1. The summed E-state index contributed by atoms with van der Waals surface area (Å²) in [6, 6.07) is 11.6. The van der Waals surface area contributed by atoms with Crippen molar-refractivity contribution in [3.05, 3.63) is 65.0 Å². The topological polar surface area (TPSA) is 99.7 Å². The van der Waals surface area contributed by atoms with Gasteiger partial charge < -0.3 is 16.0 Å². The highest BCUT2D eigenvalue weighted by Crippen LogP contribution is 2.14. The number of hydrogen-bond acceptors (Lipinski definition) is 4. The Hall–Kier alpha value is -2.21. The lowest BCUT2D eigenvalue weighted by Gasteiger charge is -2.14. The van der Waals surface area contributed by atoms with E-state index in [-0.39, 0.29) is 42.2 Å². The fourth-order valence-electron chi connectivity index (χ4n) is 2.87.